The van der Waals surface area contributed by atoms with Gasteiger partial charge < -0.3 is 9.47 Å². The molecule has 0 aliphatic heterocycles. The third-order valence-electron chi connectivity index (χ3n) is 4.90. The summed E-state index contributed by atoms with van der Waals surface area (Å²) in [6, 6.07) is 20.4. The van der Waals surface area contributed by atoms with E-state index in [-0.39, 0.29) is 12.2 Å². The Morgan fingerprint density at radius 3 is 1.93 bits per heavy atom. The first-order chi connectivity index (χ1) is 14.8. The summed E-state index contributed by atoms with van der Waals surface area (Å²) in [5.74, 6) is 0. The van der Waals surface area contributed by atoms with Crippen LogP contribution < -0.4 is 0 Å². The Morgan fingerprint density at radius 1 is 0.767 bits per heavy atom. The normalized spacial score (nSPS) is 13.6. The highest BCUT2D eigenvalue weighted by Crippen LogP contribution is 2.14. The molecule has 2 aromatic rings. The molecule has 2 unspecified atom stereocenters. The van der Waals surface area contributed by atoms with Crippen molar-refractivity contribution >= 4 is 0 Å². The van der Waals surface area contributed by atoms with Crippen LogP contribution in [0.3, 0.4) is 0 Å². The summed E-state index contributed by atoms with van der Waals surface area (Å²) in [7, 11) is 0. The highest BCUT2D eigenvalue weighted by atomic mass is 16.5. The Balaban J connectivity index is 1.94. The molecule has 2 heteroatoms. The second-order valence-electron chi connectivity index (χ2n) is 7.42. The van der Waals surface area contributed by atoms with Gasteiger partial charge in [0.2, 0.25) is 0 Å². The molecule has 2 aromatic carbocycles. The smallest absolute Gasteiger partial charge is 0.106 e. The summed E-state index contributed by atoms with van der Waals surface area (Å²) in [6.07, 6.45) is 16.2. The molecule has 2 nitrogen and oxygen atoms in total. The number of rotatable bonds is 15. The van der Waals surface area contributed by atoms with Gasteiger partial charge in [0, 0.05) is 0 Å². The molecule has 2 rings (SSSR count). The summed E-state index contributed by atoms with van der Waals surface area (Å²) < 4.78 is 12.3. The summed E-state index contributed by atoms with van der Waals surface area (Å²) in [5, 5.41) is 0. The van der Waals surface area contributed by atoms with Gasteiger partial charge in [0.25, 0.3) is 0 Å². The third kappa shape index (κ3) is 9.87. The Bertz CT molecular complexity index is 734. The molecule has 0 aliphatic carbocycles. The van der Waals surface area contributed by atoms with E-state index in [0.29, 0.717) is 13.2 Å². The lowest BCUT2D eigenvalue weighted by atomic mass is 10.1. The van der Waals surface area contributed by atoms with E-state index in [2.05, 4.69) is 62.1 Å². The second-order valence-corrected chi connectivity index (χ2v) is 7.42. The van der Waals surface area contributed by atoms with Crippen LogP contribution >= 0.6 is 0 Å². The summed E-state index contributed by atoms with van der Waals surface area (Å²) in [4.78, 5) is 0. The molecule has 0 radical (unpaired) electrons. The van der Waals surface area contributed by atoms with Crippen LogP contribution in [0.4, 0.5) is 0 Å². The highest BCUT2D eigenvalue weighted by Gasteiger charge is 2.17. The maximum Gasteiger partial charge on any atom is 0.106 e. The van der Waals surface area contributed by atoms with Crippen molar-refractivity contribution in [2.24, 2.45) is 0 Å². The Kier molecular flexibility index (Phi) is 12.3. The lowest BCUT2D eigenvalue weighted by molar-refractivity contribution is -0.0419. The minimum Gasteiger partial charge on any atom is -0.366 e. The predicted octanol–water partition coefficient (Wildman–Crippen LogP) is 7.43. The van der Waals surface area contributed by atoms with Crippen LogP contribution in [-0.4, -0.2) is 12.2 Å². The van der Waals surface area contributed by atoms with Crippen molar-refractivity contribution in [1.29, 1.82) is 0 Å². The number of hydrogen-bond acceptors (Lipinski definition) is 2. The van der Waals surface area contributed by atoms with E-state index in [4.69, 9.17) is 9.47 Å². The highest BCUT2D eigenvalue weighted by molar-refractivity contribution is 5.15. The fraction of sp³-hybridized carbons (Fsp3) is 0.357. The van der Waals surface area contributed by atoms with Gasteiger partial charge in [0.15, 0.2) is 0 Å². The average molecular weight is 405 g/mol. The predicted molar refractivity (Wildman–Crippen MR) is 127 cm³/mol. The van der Waals surface area contributed by atoms with Crippen molar-refractivity contribution in [2.45, 2.75) is 64.4 Å². The van der Waals surface area contributed by atoms with Crippen LogP contribution in [0.25, 0.3) is 0 Å². The zero-order valence-electron chi connectivity index (χ0n) is 18.3. The maximum absolute atomic E-state index is 6.21. The van der Waals surface area contributed by atoms with E-state index < -0.39 is 0 Å². The van der Waals surface area contributed by atoms with E-state index in [1.165, 1.54) is 25.7 Å². The zero-order chi connectivity index (χ0) is 21.3. The van der Waals surface area contributed by atoms with Crippen molar-refractivity contribution < 1.29 is 9.47 Å². The topological polar surface area (TPSA) is 18.5 Å². The van der Waals surface area contributed by atoms with Crippen LogP contribution in [0.15, 0.2) is 97.6 Å². The van der Waals surface area contributed by atoms with Gasteiger partial charge in [-0.05, 0) is 24.0 Å². The summed E-state index contributed by atoms with van der Waals surface area (Å²) in [6.45, 7) is 7.29. The molecule has 0 aromatic heterocycles. The SMILES string of the molecule is C=CC(OCc1ccccc1)C(/C=C\C=C\CCCCCC)OCc1ccccc1. The van der Waals surface area contributed by atoms with Crippen molar-refractivity contribution in [3.05, 3.63) is 109 Å². The number of allylic oxidation sites excluding steroid dienone is 3. The molecule has 0 saturated heterocycles. The van der Waals surface area contributed by atoms with Crippen molar-refractivity contribution in [2.75, 3.05) is 0 Å². The van der Waals surface area contributed by atoms with Crippen molar-refractivity contribution in [3.8, 4) is 0 Å². The molecule has 2 atom stereocenters. The summed E-state index contributed by atoms with van der Waals surface area (Å²) >= 11 is 0. The first-order valence-electron chi connectivity index (χ1n) is 11.1. The van der Waals surface area contributed by atoms with E-state index in [9.17, 15) is 0 Å². The van der Waals surface area contributed by atoms with Gasteiger partial charge in [-0.1, -0.05) is 117 Å². The lowest BCUT2D eigenvalue weighted by Gasteiger charge is -2.23. The molecule has 0 saturated carbocycles. The van der Waals surface area contributed by atoms with Gasteiger partial charge in [-0.3, -0.25) is 0 Å². The van der Waals surface area contributed by atoms with E-state index >= 15 is 0 Å². The molecule has 0 amide bonds. The average Bonchev–Trinajstić information content (AvgIpc) is 2.80. The lowest BCUT2D eigenvalue weighted by Crippen LogP contribution is -2.28. The van der Waals surface area contributed by atoms with Gasteiger partial charge in [0.1, 0.15) is 12.2 Å². The first kappa shape index (κ1) is 23.9. The third-order valence-corrected chi connectivity index (χ3v) is 4.90. The minimum atomic E-state index is -0.219. The molecule has 160 valence electrons. The van der Waals surface area contributed by atoms with Crippen molar-refractivity contribution in [3.63, 3.8) is 0 Å². The fourth-order valence-electron chi connectivity index (χ4n) is 3.13. The summed E-state index contributed by atoms with van der Waals surface area (Å²) in [5.41, 5.74) is 2.29. The molecule has 0 fully saturated rings. The van der Waals surface area contributed by atoms with Gasteiger partial charge in [0.05, 0.1) is 13.2 Å². The molecule has 0 N–H and O–H groups in total. The molecule has 30 heavy (non-hydrogen) atoms. The van der Waals surface area contributed by atoms with Crippen LogP contribution in [0.5, 0.6) is 0 Å². The Labute approximate surface area is 182 Å². The maximum atomic E-state index is 6.21. The number of benzene rings is 2. The van der Waals surface area contributed by atoms with E-state index in [1.54, 1.807) is 0 Å². The standard InChI is InChI=1S/C28H36O2/c1-3-5-6-7-8-9-10-17-22-28(30-24-26-20-15-12-16-21-26)27(4-2)29-23-25-18-13-11-14-19-25/h4,9-22,27-28H,2-3,5-8,23-24H2,1H3/b10-9+,22-17-. The number of ether oxygens (including phenoxy) is 2. The quantitative estimate of drug-likeness (QED) is 0.175. The Morgan fingerprint density at radius 2 is 1.37 bits per heavy atom. The van der Waals surface area contributed by atoms with Gasteiger partial charge in [-0.25, -0.2) is 0 Å². The van der Waals surface area contributed by atoms with Crippen LogP contribution in [0.1, 0.15) is 50.2 Å². The van der Waals surface area contributed by atoms with E-state index in [0.717, 1.165) is 17.5 Å². The first-order valence-corrected chi connectivity index (χ1v) is 11.1. The zero-order valence-corrected chi connectivity index (χ0v) is 18.3. The molecule has 0 heterocycles. The Hall–Kier alpha value is -2.42. The number of unbranched alkanes of at least 4 members (excludes halogenated alkanes) is 4. The molecule has 0 bridgehead atoms. The van der Waals surface area contributed by atoms with Crippen LogP contribution in [-0.2, 0) is 22.7 Å². The molecular weight excluding hydrogens is 368 g/mol. The molecule has 0 spiro atoms. The monoisotopic (exact) mass is 404 g/mol. The molecular formula is C28H36O2. The minimum absolute atomic E-state index is 0.198. The van der Waals surface area contributed by atoms with Gasteiger partial charge >= 0.3 is 0 Å². The van der Waals surface area contributed by atoms with Gasteiger partial charge in [-0.2, -0.15) is 0 Å². The largest absolute Gasteiger partial charge is 0.366 e. The fourth-order valence-corrected chi connectivity index (χ4v) is 3.13. The van der Waals surface area contributed by atoms with Gasteiger partial charge in [-0.15, -0.1) is 6.58 Å². The van der Waals surface area contributed by atoms with Crippen molar-refractivity contribution in [1.82, 2.24) is 0 Å². The number of hydrogen-bond donors (Lipinski definition) is 0. The second kappa shape index (κ2) is 15.4. The molecule has 0 aliphatic rings. The van der Waals surface area contributed by atoms with Crippen LogP contribution in [0.2, 0.25) is 0 Å². The van der Waals surface area contributed by atoms with Crippen LogP contribution in [0, 0.1) is 0 Å². The van der Waals surface area contributed by atoms with E-state index in [1.807, 2.05) is 42.5 Å².